The minimum atomic E-state index is -0.923. The molecular formula is C16H17N5O2S. The molecular weight excluding hydrogens is 326 g/mol. The summed E-state index contributed by atoms with van der Waals surface area (Å²) in [5.74, 6) is 0.779. The monoisotopic (exact) mass is 343 g/mol. The van der Waals surface area contributed by atoms with Crippen molar-refractivity contribution in [3.05, 3.63) is 34.2 Å². The number of aryl methyl sites for hydroxylation is 2. The minimum absolute atomic E-state index is 0.311. The van der Waals surface area contributed by atoms with Crippen molar-refractivity contribution in [3.8, 4) is 0 Å². The maximum atomic E-state index is 11.6. The van der Waals surface area contributed by atoms with Crippen LogP contribution < -0.4 is 4.90 Å². The molecule has 0 bridgehead atoms. The van der Waals surface area contributed by atoms with Crippen LogP contribution in [-0.2, 0) is 19.5 Å². The molecule has 8 heteroatoms. The van der Waals surface area contributed by atoms with Gasteiger partial charge in [-0.3, -0.25) is 4.68 Å². The number of thiophene rings is 1. The molecule has 24 heavy (non-hydrogen) atoms. The topological polar surface area (TPSA) is 84.1 Å². The third-order valence-corrected chi connectivity index (χ3v) is 5.14. The zero-order valence-corrected chi connectivity index (χ0v) is 14.3. The lowest BCUT2D eigenvalue weighted by molar-refractivity contribution is 0.0694. The van der Waals surface area contributed by atoms with E-state index in [1.165, 1.54) is 0 Å². The molecule has 0 aromatic carbocycles. The largest absolute Gasteiger partial charge is 0.478 e. The van der Waals surface area contributed by atoms with E-state index in [-0.39, 0.29) is 0 Å². The number of carbonyl (C=O) groups is 1. The number of carboxylic acids is 1. The van der Waals surface area contributed by atoms with Crippen LogP contribution >= 0.6 is 11.3 Å². The molecule has 0 unspecified atom stereocenters. The summed E-state index contributed by atoms with van der Waals surface area (Å²) in [5.41, 5.74) is 1.62. The Kier molecular flexibility index (Phi) is 3.49. The van der Waals surface area contributed by atoms with Crippen molar-refractivity contribution in [2.24, 2.45) is 0 Å². The van der Waals surface area contributed by atoms with Crippen LogP contribution in [0.4, 0.5) is 5.82 Å². The van der Waals surface area contributed by atoms with Crippen molar-refractivity contribution < 1.29 is 9.90 Å². The first-order valence-corrected chi connectivity index (χ1v) is 8.75. The summed E-state index contributed by atoms with van der Waals surface area (Å²) in [4.78, 5) is 24.0. The molecule has 0 atom stereocenters. The molecule has 0 saturated heterocycles. The summed E-state index contributed by atoms with van der Waals surface area (Å²) in [6, 6.07) is 2.03. The zero-order chi connectivity index (χ0) is 16.8. The molecule has 0 saturated carbocycles. The summed E-state index contributed by atoms with van der Waals surface area (Å²) in [6.07, 6.45) is 0.770. The second kappa shape index (κ2) is 5.55. The second-order valence-corrected chi connectivity index (χ2v) is 6.71. The van der Waals surface area contributed by atoms with Crippen LogP contribution in [-0.4, -0.2) is 37.4 Å². The highest BCUT2D eigenvalue weighted by Gasteiger charge is 2.28. The number of carboxylic acid groups (broad SMARTS) is 1. The Balaban J connectivity index is 1.80. The van der Waals surface area contributed by atoms with Gasteiger partial charge in [0.15, 0.2) is 0 Å². The molecule has 0 spiro atoms. The van der Waals surface area contributed by atoms with Crippen LogP contribution in [0.1, 0.15) is 34.5 Å². The SMILES string of the molecule is CCc1nc(N2CCn3nc(C)c(C(=O)O)c3C2)c2ccsc2n1. The molecule has 3 aromatic heterocycles. The fraction of sp³-hybridized carbons (Fsp3) is 0.375. The van der Waals surface area contributed by atoms with Gasteiger partial charge in [-0.1, -0.05) is 6.92 Å². The number of hydrogen-bond acceptors (Lipinski definition) is 6. The van der Waals surface area contributed by atoms with Gasteiger partial charge in [-0.2, -0.15) is 5.10 Å². The zero-order valence-electron chi connectivity index (χ0n) is 13.5. The van der Waals surface area contributed by atoms with Gasteiger partial charge in [0, 0.05) is 13.0 Å². The Labute approximate surface area is 142 Å². The van der Waals surface area contributed by atoms with E-state index in [1.54, 1.807) is 18.3 Å². The highest BCUT2D eigenvalue weighted by molar-refractivity contribution is 7.16. The maximum absolute atomic E-state index is 11.6. The standard InChI is InChI=1S/C16H17N5O2S/c1-3-12-17-14(10-4-7-24-15(10)18-12)20-5-6-21-11(8-20)13(16(22)23)9(2)19-21/h4,7H,3,5-6,8H2,1-2H3,(H,22,23). The summed E-state index contributed by atoms with van der Waals surface area (Å²) >= 11 is 1.60. The van der Waals surface area contributed by atoms with Crippen LogP contribution in [0.15, 0.2) is 11.4 Å². The smallest absolute Gasteiger partial charge is 0.339 e. The molecule has 1 aliphatic rings. The fourth-order valence-electron chi connectivity index (χ4n) is 3.19. The summed E-state index contributed by atoms with van der Waals surface area (Å²) in [7, 11) is 0. The molecule has 4 heterocycles. The predicted molar refractivity (Wildman–Crippen MR) is 91.8 cm³/mol. The third kappa shape index (κ3) is 2.25. The van der Waals surface area contributed by atoms with Gasteiger partial charge < -0.3 is 10.0 Å². The van der Waals surface area contributed by atoms with E-state index in [0.717, 1.165) is 40.5 Å². The molecule has 124 valence electrons. The molecule has 1 N–H and O–H groups in total. The second-order valence-electron chi connectivity index (χ2n) is 5.81. The summed E-state index contributed by atoms with van der Waals surface area (Å²) in [5, 5.41) is 16.9. The van der Waals surface area contributed by atoms with E-state index >= 15 is 0 Å². The summed E-state index contributed by atoms with van der Waals surface area (Å²) in [6.45, 7) is 5.68. The quantitative estimate of drug-likeness (QED) is 0.786. The Morgan fingerprint density at radius 1 is 1.38 bits per heavy atom. The number of fused-ring (bicyclic) bond motifs is 2. The molecule has 0 radical (unpaired) electrons. The third-order valence-electron chi connectivity index (χ3n) is 4.34. The number of anilines is 1. The first-order valence-electron chi connectivity index (χ1n) is 7.87. The number of nitrogens with zero attached hydrogens (tertiary/aromatic N) is 5. The normalized spacial score (nSPS) is 14.2. The Morgan fingerprint density at radius 3 is 2.96 bits per heavy atom. The van der Waals surface area contributed by atoms with Crippen LogP contribution in [0.5, 0.6) is 0 Å². The predicted octanol–water partition coefficient (Wildman–Crippen LogP) is 2.48. The van der Waals surface area contributed by atoms with E-state index in [9.17, 15) is 9.90 Å². The van der Waals surface area contributed by atoms with Crippen LogP contribution in [0, 0.1) is 6.92 Å². The Bertz CT molecular complexity index is 945. The molecule has 1 aliphatic heterocycles. The lowest BCUT2D eigenvalue weighted by Gasteiger charge is -2.29. The summed E-state index contributed by atoms with van der Waals surface area (Å²) < 4.78 is 1.81. The lowest BCUT2D eigenvalue weighted by Crippen LogP contribution is -2.35. The average Bonchev–Trinajstić information content (AvgIpc) is 3.15. The molecule has 7 nitrogen and oxygen atoms in total. The number of hydrogen-bond donors (Lipinski definition) is 1. The van der Waals surface area contributed by atoms with Crippen molar-refractivity contribution in [3.63, 3.8) is 0 Å². The van der Waals surface area contributed by atoms with Gasteiger partial charge in [0.25, 0.3) is 0 Å². The Morgan fingerprint density at radius 2 is 2.21 bits per heavy atom. The Hall–Kier alpha value is -2.48. The van der Waals surface area contributed by atoms with E-state index < -0.39 is 5.97 Å². The highest BCUT2D eigenvalue weighted by atomic mass is 32.1. The lowest BCUT2D eigenvalue weighted by atomic mass is 10.1. The first-order chi connectivity index (χ1) is 11.6. The maximum Gasteiger partial charge on any atom is 0.339 e. The van der Waals surface area contributed by atoms with Crippen LogP contribution in [0.3, 0.4) is 0 Å². The van der Waals surface area contributed by atoms with Crippen LogP contribution in [0.25, 0.3) is 10.2 Å². The number of rotatable bonds is 3. The number of aromatic nitrogens is 4. The molecule has 4 rings (SSSR count). The van der Waals surface area contributed by atoms with Crippen molar-refractivity contribution in [2.45, 2.75) is 33.4 Å². The molecule has 0 aliphatic carbocycles. The van der Waals surface area contributed by atoms with Crippen molar-refractivity contribution >= 4 is 33.3 Å². The van der Waals surface area contributed by atoms with Gasteiger partial charge in [-0.05, 0) is 18.4 Å². The van der Waals surface area contributed by atoms with Crippen molar-refractivity contribution in [1.29, 1.82) is 0 Å². The number of aromatic carboxylic acids is 1. The minimum Gasteiger partial charge on any atom is -0.478 e. The van der Waals surface area contributed by atoms with Gasteiger partial charge in [-0.15, -0.1) is 11.3 Å². The first kappa shape index (κ1) is 15.1. The van der Waals surface area contributed by atoms with Gasteiger partial charge in [0.05, 0.1) is 29.9 Å². The van der Waals surface area contributed by atoms with Crippen molar-refractivity contribution in [2.75, 3.05) is 11.4 Å². The van der Waals surface area contributed by atoms with Gasteiger partial charge in [0.1, 0.15) is 22.0 Å². The molecule has 0 fully saturated rings. The van der Waals surface area contributed by atoms with Gasteiger partial charge in [0.2, 0.25) is 0 Å². The van der Waals surface area contributed by atoms with Crippen molar-refractivity contribution in [1.82, 2.24) is 19.7 Å². The van der Waals surface area contributed by atoms with Gasteiger partial charge >= 0.3 is 5.97 Å². The van der Waals surface area contributed by atoms with E-state index in [1.807, 2.05) is 23.1 Å². The van der Waals surface area contributed by atoms with Gasteiger partial charge in [-0.25, -0.2) is 14.8 Å². The van der Waals surface area contributed by atoms with Crippen LogP contribution in [0.2, 0.25) is 0 Å². The van der Waals surface area contributed by atoms with E-state index in [0.29, 0.717) is 24.3 Å². The average molecular weight is 343 g/mol. The highest BCUT2D eigenvalue weighted by Crippen LogP contribution is 2.31. The van der Waals surface area contributed by atoms with E-state index in [4.69, 9.17) is 4.98 Å². The molecule has 3 aromatic rings. The fourth-order valence-corrected chi connectivity index (χ4v) is 3.97. The van der Waals surface area contributed by atoms with E-state index in [2.05, 4.69) is 15.0 Å². The molecule has 0 amide bonds.